The van der Waals surface area contributed by atoms with Crippen molar-refractivity contribution in [3.63, 3.8) is 0 Å². The van der Waals surface area contributed by atoms with Crippen molar-refractivity contribution in [1.82, 2.24) is 10.2 Å². The lowest BCUT2D eigenvalue weighted by atomic mass is 10.1. The van der Waals surface area contributed by atoms with E-state index in [-0.39, 0.29) is 6.03 Å². The van der Waals surface area contributed by atoms with Crippen molar-refractivity contribution in [3.8, 4) is 0 Å². The fraction of sp³-hybridized carbons (Fsp3) is 0.562. The van der Waals surface area contributed by atoms with Crippen LogP contribution in [0.1, 0.15) is 33.3 Å². The molecule has 1 aromatic carbocycles. The van der Waals surface area contributed by atoms with E-state index in [0.29, 0.717) is 18.4 Å². The molecule has 0 saturated heterocycles. The van der Waals surface area contributed by atoms with Crippen LogP contribution >= 0.6 is 15.9 Å². The third-order valence-corrected chi connectivity index (χ3v) is 3.28. The van der Waals surface area contributed by atoms with Gasteiger partial charge in [0.2, 0.25) is 0 Å². The molecule has 0 unspecified atom stereocenters. The van der Waals surface area contributed by atoms with Gasteiger partial charge in [-0.05, 0) is 29.5 Å². The smallest absolute Gasteiger partial charge is 0.317 e. The molecule has 2 amide bonds. The van der Waals surface area contributed by atoms with E-state index in [9.17, 15) is 4.79 Å². The number of urea groups is 1. The Bertz CT molecular complexity index is 422. The van der Waals surface area contributed by atoms with Crippen molar-refractivity contribution in [2.24, 2.45) is 11.8 Å². The van der Waals surface area contributed by atoms with E-state index in [1.165, 1.54) is 0 Å². The van der Waals surface area contributed by atoms with Crippen molar-refractivity contribution in [1.29, 1.82) is 0 Å². The Morgan fingerprint density at radius 3 is 2.30 bits per heavy atom. The normalized spacial score (nSPS) is 10.9. The average molecular weight is 341 g/mol. The summed E-state index contributed by atoms with van der Waals surface area (Å²) in [6.07, 6.45) is 0. The monoisotopic (exact) mass is 340 g/mol. The summed E-state index contributed by atoms with van der Waals surface area (Å²) in [6, 6.07) is 8.02. The zero-order valence-electron chi connectivity index (χ0n) is 12.8. The van der Waals surface area contributed by atoms with Crippen LogP contribution in [-0.2, 0) is 6.54 Å². The quantitative estimate of drug-likeness (QED) is 0.823. The molecule has 1 aromatic rings. The average Bonchev–Trinajstić information content (AvgIpc) is 2.34. The molecular formula is C16H25BrN2O. The molecule has 0 aliphatic rings. The van der Waals surface area contributed by atoms with E-state index < -0.39 is 0 Å². The van der Waals surface area contributed by atoms with Crippen molar-refractivity contribution < 1.29 is 4.79 Å². The summed E-state index contributed by atoms with van der Waals surface area (Å²) in [7, 11) is 0. The number of amides is 2. The summed E-state index contributed by atoms with van der Waals surface area (Å²) in [5.41, 5.74) is 1.10. The van der Waals surface area contributed by atoms with Gasteiger partial charge >= 0.3 is 6.03 Å². The lowest BCUT2D eigenvalue weighted by Crippen LogP contribution is -2.43. The number of nitrogens with zero attached hydrogens (tertiary/aromatic N) is 1. The van der Waals surface area contributed by atoms with Gasteiger partial charge in [0.1, 0.15) is 0 Å². The Balaban J connectivity index is 2.57. The molecule has 1 rings (SSSR count). The standard InChI is InChI=1S/C16H25BrN2O/c1-12(2)10-19(11-13(3)4)16(20)18-9-14-6-5-7-15(17)8-14/h5-8,12-13H,9-11H2,1-4H3,(H,18,20). The Kier molecular flexibility index (Phi) is 7.06. The number of benzene rings is 1. The van der Waals surface area contributed by atoms with Gasteiger partial charge in [-0.1, -0.05) is 55.8 Å². The van der Waals surface area contributed by atoms with Gasteiger partial charge in [0.25, 0.3) is 0 Å². The molecule has 3 nitrogen and oxygen atoms in total. The molecular weight excluding hydrogens is 316 g/mol. The van der Waals surface area contributed by atoms with E-state index in [1.54, 1.807) is 0 Å². The molecule has 0 aliphatic carbocycles. The molecule has 20 heavy (non-hydrogen) atoms. The third-order valence-electron chi connectivity index (χ3n) is 2.79. The number of carbonyl (C=O) groups excluding carboxylic acids is 1. The van der Waals surface area contributed by atoms with Gasteiger partial charge in [0, 0.05) is 24.1 Å². The Hall–Kier alpha value is -1.03. The van der Waals surface area contributed by atoms with Gasteiger partial charge in [0.15, 0.2) is 0 Å². The maximum absolute atomic E-state index is 12.3. The summed E-state index contributed by atoms with van der Waals surface area (Å²) in [4.78, 5) is 14.2. The van der Waals surface area contributed by atoms with Crippen LogP contribution < -0.4 is 5.32 Å². The molecule has 0 saturated carbocycles. The van der Waals surface area contributed by atoms with Crippen LogP contribution in [0, 0.1) is 11.8 Å². The highest BCUT2D eigenvalue weighted by atomic mass is 79.9. The highest BCUT2D eigenvalue weighted by Gasteiger charge is 2.15. The van der Waals surface area contributed by atoms with Gasteiger partial charge < -0.3 is 10.2 Å². The molecule has 0 bridgehead atoms. The van der Waals surface area contributed by atoms with Crippen LogP contribution in [0.3, 0.4) is 0 Å². The van der Waals surface area contributed by atoms with Crippen molar-refractivity contribution in [2.75, 3.05) is 13.1 Å². The summed E-state index contributed by atoms with van der Waals surface area (Å²) < 4.78 is 1.03. The molecule has 4 heteroatoms. The number of hydrogen-bond donors (Lipinski definition) is 1. The minimum Gasteiger partial charge on any atom is -0.334 e. The van der Waals surface area contributed by atoms with Crippen LogP contribution in [0.15, 0.2) is 28.7 Å². The van der Waals surface area contributed by atoms with Gasteiger partial charge in [-0.15, -0.1) is 0 Å². The summed E-state index contributed by atoms with van der Waals surface area (Å²) in [5, 5.41) is 3.00. The second-order valence-electron chi connectivity index (χ2n) is 5.98. The topological polar surface area (TPSA) is 32.3 Å². The fourth-order valence-electron chi connectivity index (χ4n) is 2.06. The van der Waals surface area contributed by atoms with E-state index in [1.807, 2.05) is 29.2 Å². The van der Waals surface area contributed by atoms with Crippen molar-refractivity contribution >= 4 is 22.0 Å². The molecule has 0 aliphatic heterocycles. The maximum Gasteiger partial charge on any atom is 0.317 e. The maximum atomic E-state index is 12.3. The van der Waals surface area contributed by atoms with Crippen LogP contribution in [0.25, 0.3) is 0 Å². The summed E-state index contributed by atoms with van der Waals surface area (Å²) >= 11 is 3.44. The van der Waals surface area contributed by atoms with Gasteiger partial charge in [0.05, 0.1) is 0 Å². The van der Waals surface area contributed by atoms with Crippen molar-refractivity contribution in [2.45, 2.75) is 34.2 Å². The van der Waals surface area contributed by atoms with Gasteiger partial charge in [-0.3, -0.25) is 0 Å². The highest BCUT2D eigenvalue weighted by Crippen LogP contribution is 2.11. The molecule has 1 N–H and O–H groups in total. The molecule has 0 aromatic heterocycles. The summed E-state index contributed by atoms with van der Waals surface area (Å²) in [5.74, 6) is 0.954. The first-order valence-corrected chi connectivity index (χ1v) is 7.95. The first-order chi connectivity index (χ1) is 9.38. The van der Waals surface area contributed by atoms with E-state index in [4.69, 9.17) is 0 Å². The number of halogens is 1. The minimum atomic E-state index is 0.0207. The van der Waals surface area contributed by atoms with E-state index in [0.717, 1.165) is 23.1 Å². The molecule has 0 spiro atoms. The molecule has 112 valence electrons. The van der Waals surface area contributed by atoms with Crippen LogP contribution in [0.5, 0.6) is 0 Å². The predicted octanol–water partition coefficient (Wildman–Crippen LogP) is 4.27. The SMILES string of the molecule is CC(C)CN(CC(C)C)C(=O)NCc1cccc(Br)c1. The second kappa shape index (κ2) is 8.30. The van der Waals surface area contributed by atoms with E-state index >= 15 is 0 Å². The first kappa shape index (κ1) is 17.0. The number of hydrogen-bond acceptors (Lipinski definition) is 1. The number of nitrogens with one attached hydrogen (secondary N) is 1. The van der Waals surface area contributed by atoms with Crippen LogP contribution in [0.4, 0.5) is 4.79 Å². The van der Waals surface area contributed by atoms with Gasteiger partial charge in [-0.2, -0.15) is 0 Å². The van der Waals surface area contributed by atoms with Crippen LogP contribution in [0.2, 0.25) is 0 Å². The molecule has 0 fully saturated rings. The van der Waals surface area contributed by atoms with Crippen LogP contribution in [-0.4, -0.2) is 24.0 Å². The molecule has 0 atom stereocenters. The fourth-order valence-corrected chi connectivity index (χ4v) is 2.50. The first-order valence-electron chi connectivity index (χ1n) is 7.15. The Labute approximate surface area is 130 Å². The third kappa shape index (κ3) is 6.42. The van der Waals surface area contributed by atoms with E-state index in [2.05, 4.69) is 48.9 Å². The minimum absolute atomic E-state index is 0.0207. The lowest BCUT2D eigenvalue weighted by Gasteiger charge is -2.26. The number of carbonyl (C=O) groups is 1. The zero-order valence-corrected chi connectivity index (χ0v) is 14.4. The Morgan fingerprint density at radius 2 is 1.80 bits per heavy atom. The molecule has 0 heterocycles. The van der Waals surface area contributed by atoms with Gasteiger partial charge in [-0.25, -0.2) is 4.79 Å². The zero-order chi connectivity index (χ0) is 15.1. The van der Waals surface area contributed by atoms with Crippen molar-refractivity contribution in [3.05, 3.63) is 34.3 Å². The second-order valence-corrected chi connectivity index (χ2v) is 6.90. The predicted molar refractivity (Wildman–Crippen MR) is 87.6 cm³/mol. The largest absolute Gasteiger partial charge is 0.334 e. The number of rotatable bonds is 6. The Morgan fingerprint density at radius 1 is 1.20 bits per heavy atom. The summed E-state index contributed by atoms with van der Waals surface area (Å²) in [6.45, 7) is 10.7. The lowest BCUT2D eigenvalue weighted by molar-refractivity contribution is 0.183. The highest BCUT2D eigenvalue weighted by molar-refractivity contribution is 9.10. The molecule has 0 radical (unpaired) electrons.